The summed E-state index contributed by atoms with van der Waals surface area (Å²) in [5.74, 6) is -0.203. The third-order valence-corrected chi connectivity index (χ3v) is 3.34. The quantitative estimate of drug-likeness (QED) is 0.876. The predicted molar refractivity (Wildman–Crippen MR) is 67.3 cm³/mol. The number of benzene rings is 1. The Bertz CT molecular complexity index is 646. The van der Waals surface area contributed by atoms with Crippen molar-refractivity contribution in [3.05, 3.63) is 35.4 Å². The van der Waals surface area contributed by atoms with Crippen molar-refractivity contribution in [3.63, 3.8) is 0 Å². The lowest BCUT2D eigenvalue weighted by Crippen LogP contribution is -2.19. The van der Waals surface area contributed by atoms with E-state index in [2.05, 4.69) is 4.18 Å². The van der Waals surface area contributed by atoms with Gasteiger partial charge in [-0.1, -0.05) is 13.0 Å². The number of hydrogen-bond donors (Lipinski definition) is 1. The number of nitrogens with two attached hydrogens (primary N) is 1. The second kappa shape index (κ2) is 4.22. The molecule has 6 heteroatoms. The molecule has 5 nitrogen and oxygen atoms in total. The predicted octanol–water partition coefficient (Wildman–Crippen LogP) is 1.36. The third-order valence-electron chi connectivity index (χ3n) is 2.91. The minimum absolute atomic E-state index is 0.00671. The van der Waals surface area contributed by atoms with Gasteiger partial charge >= 0.3 is 10.3 Å². The lowest BCUT2D eigenvalue weighted by Gasteiger charge is -2.20. The Morgan fingerprint density at radius 1 is 1.33 bits per heavy atom. The second-order valence-corrected chi connectivity index (χ2v) is 5.43. The van der Waals surface area contributed by atoms with Gasteiger partial charge in [-0.3, -0.25) is 4.79 Å². The SMILES string of the molecule is CC1=CC(=O)C(C)c2cc(OS(N)(=O)=O)ccc21. The lowest BCUT2D eigenvalue weighted by atomic mass is 9.84. The number of carbonyl (C=O) groups is 1. The molecule has 1 aliphatic carbocycles. The van der Waals surface area contributed by atoms with Crippen molar-refractivity contribution in [2.75, 3.05) is 0 Å². The lowest BCUT2D eigenvalue weighted by molar-refractivity contribution is -0.115. The molecule has 0 amide bonds. The van der Waals surface area contributed by atoms with Crippen molar-refractivity contribution in [3.8, 4) is 5.75 Å². The van der Waals surface area contributed by atoms with Crippen LogP contribution in [0.2, 0.25) is 0 Å². The fourth-order valence-electron chi connectivity index (χ4n) is 2.01. The minimum atomic E-state index is -4.05. The van der Waals surface area contributed by atoms with Gasteiger partial charge in [0.2, 0.25) is 0 Å². The van der Waals surface area contributed by atoms with Gasteiger partial charge in [-0.25, -0.2) is 0 Å². The molecule has 2 N–H and O–H groups in total. The summed E-state index contributed by atoms with van der Waals surface area (Å²) in [6, 6.07) is 4.78. The van der Waals surface area contributed by atoms with Crippen molar-refractivity contribution in [2.45, 2.75) is 19.8 Å². The van der Waals surface area contributed by atoms with Crippen LogP contribution in [-0.2, 0) is 15.1 Å². The van der Waals surface area contributed by atoms with E-state index in [-0.39, 0.29) is 17.5 Å². The molecule has 0 bridgehead atoms. The summed E-state index contributed by atoms with van der Waals surface area (Å²) < 4.78 is 26.3. The van der Waals surface area contributed by atoms with Crippen LogP contribution in [0, 0.1) is 0 Å². The zero-order chi connectivity index (χ0) is 13.5. The number of rotatable bonds is 2. The highest BCUT2D eigenvalue weighted by Gasteiger charge is 2.23. The summed E-state index contributed by atoms with van der Waals surface area (Å²) >= 11 is 0. The van der Waals surface area contributed by atoms with Crippen LogP contribution in [-0.4, -0.2) is 14.2 Å². The highest BCUT2D eigenvalue weighted by molar-refractivity contribution is 7.84. The van der Waals surface area contributed by atoms with Gasteiger partial charge in [0.15, 0.2) is 5.78 Å². The first-order chi connectivity index (χ1) is 8.28. The fraction of sp³-hybridized carbons (Fsp3) is 0.250. The van der Waals surface area contributed by atoms with Crippen LogP contribution >= 0.6 is 0 Å². The molecule has 96 valence electrons. The topological polar surface area (TPSA) is 86.5 Å². The maximum atomic E-state index is 11.7. The number of carbonyl (C=O) groups excluding carboxylic acids is 1. The molecule has 1 atom stereocenters. The van der Waals surface area contributed by atoms with Crippen molar-refractivity contribution in [2.24, 2.45) is 5.14 Å². The molecule has 0 aromatic heterocycles. The smallest absolute Gasteiger partial charge is 0.371 e. The maximum absolute atomic E-state index is 11.7. The van der Waals surface area contributed by atoms with Crippen LogP contribution in [0.3, 0.4) is 0 Å². The number of fused-ring (bicyclic) bond motifs is 1. The molecule has 0 saturated carbocycles. The summed E-state index contributed by atoms with van der Waals surface area (Å²) in [5, 5.41) is 4.80. The Hall–Kier alpha value is -1.66. The number of allylic oxidation sites excluding steroid dienone is 2. The Balaban J connectivity index is 2.50. The van der Waals surface area contributed by atoms with Gasteiger partial charge in [-0.05, 0) is 41.8 Å². The average Bonchev–Trinajstić information content (AvgIpc) is 2.23. The molecule has 0 saturated heterocycles. The van der Waals surface area contributed by atoms with Gasteiger partial charge in [0.05, 0.1) is 0 Å². The highest BCUT2D eigenvalue weighted by atomic mass is 32.2. The molecule has 1 aliphatic rings. The van der Waals surface area contributed by atoms with Crippen molar-refractivity contribution in [1.82, 2.24) is 0 Å². The van der Waals surface area contributed by atoms with Gasteiger partial charge in [-0.2, -0.15) is 13.6 Å². The van der Waals surface area contributed by atoms with Crippen LogP contribution in [0.15, 0.2) is 24.3 Å². The summed E-state index contributed by atoms with van der Waals surface area (Å²) in [6.45, 7) is 3.60. The summed E-state index contributed by atoms with van der Waals surface area (Å²) in [6.07, 6.45) is 1.59. The van der Waals surface area contributed by atoms with Gasteiger partial charge in [-0.15, -0.1) is 0 Å². The van der Waals surface area contributed by atoms with Crippen LogP contribution in [0.5, 0.6) is 5.75 Å². The van der Waals surface area contributed by atoms with E-state index in [0.717, 1.165) is 16.7 Å². The molecule has 1 aromatic carbocycles. The van der Waals surface area contributed by atoms with Crippen molar-refractivity contribution < 1.29 is 17.4 Å². The first-order valence-electron chi connectivity index (χ1n) is 5.36. The van der Waals surface area contributed by atoms with E-state index in [9.17, 15) is 13.2 Å². The van der Waals surface area contributed by atoms with Crippen molar-refractivity contribution >= 4 is 21.7 Å². The normalized spacial score (nSPS) is 19.2. The zero-order valence-corrected chi connectivity index (χ0v) is 10.8. The monoisotopic (exact) mass is 267 g/mol. The number of hydrogen-bond acceptors (Lipinski definition) is 4. The standard InChI is InChI=1S/C12H13NO4S/c1-7-5-12(14)8(2)11-6-9(3-4-10(7)11)17-18(13,15)16/h3-6,8H,1-2H3,(H2,13,15,16). The highest BCUT2D eigenvalue weighted by Crippen LogP contribution is 2.34. The molecular formula is C12H13NO4S. The van der Waals surface area contributed by atoms with E-state index < -0.39 is 10.3 Å². The van der Waals surface area contributed by atoms with Gasteiger partial charge in [0.1, 0.15) is 5.75 Å². The molecule has 1 aromatic rings. The Labute approximate surface area is 106 Å². The average molecular weight is 267 g/mol. The molecule has 0 fully saturated rings. The molecule has 0 radical (unpaired) electrons. The van der Waals surface area contributed by atoms with E-state index >= 15 is 0 Å². The Kier molecular flexibility index (Phi) is 3.00. The molecule has 0 spiro atoms. The van der Waals surface area contributed by atoms with Gasteiger partial charge in [0.25, 0.3) is 0 Å². The molecule has 2 rings (SSSR count). The first kappa shape index (κ1) is 12.8. The van der Waals surface area contributed by atoms with E-state index in [4.69, 9.17) is 5.14 Å². The van der Waals surface area contributed by atoms with E-state index in [1.54, 1.807) is 25.1 Å². The van der Waals surface area contributed by atoms with Crippen molar-refractivity contribution in [1.29, 1.82) is 0 Å². The van der Waals surface area contributed by atoms with Crippen LogP contribution in [0.1, 0.15) is 30.9 Å². The summed E-state index contributed by atoms with van der Waals surface area (Å²) in [7, 11) is -4.05. The Morgan fingerprint density at radius 3 is 2.61 bits per heavy atom. The molecule has 18 heavy (non-hydrogen) atoms. The van der Waals surface area contributed by atoms with Gasteiger partial charge < -0.3 is 4.18 Å². The maximum Gasteiger partial charge on any atom is 0.380 e. The number of ketones is 1. The van der Waals surface area contributed by atoms with E-state index in [1.165, 1.54) is 6.07 Å². The fourth-order valence-corrected chi connectivity index (χ4v) is 2.39. The summed E-state index contributed by atoms with van der Waals surface area (Å²) in [5.41, 5.74) is 2.53. The van der Waals surface area contributed by atoms with E-state index in [0.29, 0.717) is 0 Å². The first-order valence-corrected chi connectivity index (χ1v) is 6.84. The van der Waals surface area contributed by atoms with Crippen LogP contribution in [0.4, 0.5) is 0 Å². The van der Waals surface area contributed by atoms with Crippen LogP contribution in [0.25, 0.3) is 5.57 Å². The summed E-state index contributed by atoms with van der Waals surface area (Å²) in [4.78, 5) is 11.7. The minimum Gasteiger partial charge on any atom is -0.371 e. The molecule has 0 aliphatic heterocycles. The second-order valence-electron chi connectivity index (χ2n) is 4.28. The molecule has 0 heterocycles. The zero-order valence-electron chi connectivity index (χ0n) is 10.0. The Morgan fingerprint density at radius 2 is 2.00 bits per heavy atom. The largest absolute Gasteiger partial charge is 0.380 e. The van der Waals surface area contributed by atoms with Crippen LogP contribution < -0.4 is 9.32 Å². The van der Waals surface area contributed by atoms with Gasteiger partial charge in [0, 0.05) is 5.92 Å². The molecule has 1 unspecified atom stereocenters. The third kappa shape index (κ3) is 2.44. The molecular weight excluding hydrogens is 254 g/mol. The van der Waals surface area contributed by atoms with E-state index in [1.807, 2.05) is 6.92 Å².